The summed E-state index contributed by atoms with van der Waals surface area (Å²) in [7, 11) is 0. The van der Waals surface area contributed by atoms with E-state index in [-0.39, 0.29) is 0 Å². The zero-order valence-electron chi connectivity index (χ0n) is 11.0. The van der Waals surface area contributed by atoms with E-state index in [1.165, 1.54) is 45.1 Å². The predicted molar refractivity (Wildman–Crippen MR) is 68.4 cm³/mol. The van der Waals surface area contributed by atoms with Crippen LogP contribution in [0.2, 0.25) is 0 Å². The number of fused-ring (bicyclic) bond motifs is 2. The lowest BCUT2D eigenvalue weighted by molar-refractivity contribution is 0.0248. The normalized spacial score (nSPS) is 52.9. The molecular formula is C15H27N. The van der Waals surface area contributed by atoms with Crippen molar-refractivity contribution in [1.29, 1.82) is 0 Å². The van der Waals surface area contributed by atoms with E-state index >= 15 is 0 Å². The molecule has 3 unspecified atom stereocenters. The van der Waals surface area contributed by atoms with Crippen LogP contribution < -0.4 is 5.32 Å². The quantitative estimate of drug-likeness (QED) is 0.713. The lowest BCUT2D eigenvalue weighted by Crippen LogP contribution is -2.46. The Morgan fingerprint density at radius 3 is 2.31 bits per heavy atom. The summed E-state index contributed by atoms with van der Waals surface area (Å²) in [5.74, 6) is 3.11. The maximum Gasteiger partial charge on any atom is 0.0121 e. The van der Waals surface area contributed by atoms with Gasteiger partial charge < -0.3 is 5.32 Å². The molecule has 0 radical (unpaired) electrons. The van der Waals surface area contributed by atoms with Gasteiger partial charge in [-0.25, -0.2) is 0 Å². The van der Waals surface area contributed by atoms with Crippen LogP contribution in [-0.4, -0.2) is 12.6 Å². The summed E-state index contributed by atoms with van der Waals surface area (Å²) in [4.78, 5) is 0. The molecule has 3 aliphatic rings. The van der Waals surface area contributed by atoms with Crippen LogP contribution in [0.25, 0.3) is 0 Å². The summed E-state index contributed by atoms with van der Waals surface area (Å²) in [6, 6.07) is 0.839. The third-order valence-electron chi connectivity index (χ3n) is 5.55. The zero-order chi connectivity index (χ0) is 11.2. The fourth-order valence-electron chi connectivity index (χ4n) is 5.20. The molecule has 2 bridgehead atoms. The van der Waals surface area contributed by atoms with E-state index in [2.05, 4.69) is 19.2 Å². The van der Waals surface area contributed by atoms with Crippen molar-refractivity contribution in [3.05, 3.63) is 0 Å². The highest BCUT2D eigenvalue weighted by Gasteiger charge is 2.45. The van der Waals surface area contributed by atoms with Crippen molar-refractivity contribution in [3.8, 4) is 0 Å². The Hall–Kier alpha value is -0.0400. The number of nitrogens with one attached hydrogen (secondary N) is 1. The van der Waals surface area contributed by atoms with Gasteiger partial charge in [0.25, 0.3) is 0 Å². The van der Waals surface area contributed by atoms with Crippen LogP contribution >= 0.6 is 0 Å². The number of rotatable bonds is 1. The number of hydrogen-bond donors (Lipinski definition) is 1. The van der Waals surface area contributed by atoms with Crippen LogP contribution in [-0.2, 0) is 0 Å². The highest BCUT2D eigenvalue weighted by atomic mass is 15.0. The Bertz CT molecular complexity index is 236. The van der Waals surface area contributed by atoms with Crippen molar-refractivity contribution < 1.29 is 0 Å². The van der Waals surface area contributed by atoms with E-state index in [0.717, 1.165) is 23.8 Å². The van der Waals surface area contributed by atoms with E-state index in [4.69, 9.17) is 0 Å². The van der Waals surface area contributed by atoms with Gasteiger partial charge in [0.2, 0.25) is 0 Å². The monoisotopic (exact) mass is 221 g/mol. The third-order valence-corrected chi connectivity index (χ3v) is 5.55. The summed E-state index contributed by atoms with van der Waals surface area (Å²) in [5.41, 5.74) is 0.629. The Kier molecular flexibility index (Phi) is 2.78. The second kappa shape index (κ2) is 4.01. The lowest BCUT2D eigenvalue weighted by atomic mass is 9.57. The molecular weight excluding hydrogens is 194 g/mol. The van der Waals surface area contributed by atoms with Crippen LogP contribution in [0.4, 0.5) is 0 Å². The molecule has 0 amide bonds. The molecule has 3 atom stereocenters. The minimum atomic E-state index is 0.629. The van der Waals surface area contributed by atoms with Gasteiger partial charge in [0, 0.05) is 6.04 Å². The van der Waals surface area contributed by atoms with Crippen molar-refractivity contribution in [1.82, 2.24) is 5.32 Å². The largest absolute Gasteiger partial charge is 0.313 e. The Morgan fingerprint density at radius 2 is 1.75 bits per heavy atom. The summed E-state index contributed by atoms with van der Waals surface area (Å²) in [6.07, 6.45) is 10.4. The molecule has 92 valence electrons. The topological polar surface area (TPSA) is 12.0 Å². The molecule has 1 saturated heterocycles. The summed E-state index contributed by atoms with van der Waals surface area (Å²) in [5, 5.41) is 3.77. The molecule has 1 heteroatoms. The molecule has 2 aliphatic carbocycles. The van der Waals surface area contributed by atoms with Gasteiger partial charge in [-0.15, -0.1) is 0 Å². The minimum absolute atomic E-state index is 0.629. The van der Waals surface area contributed by atoms with Crippen LogP contribution in [0.5, 0.6) is 0 Å². The average Bonchev–Trinajstić information content (AvgIpc) is 2.67. The van der Waals surface area contributed by atoms with Gasteiger partial charge in [0.15, 0.2) is 0 Å². The third kappa shape index (κ3) is 1.92. The molecule has 1 nitrogen and oxygen atoms in total. The number of hydrogen-bond acceptors (Lipinski definition) is 1. The first-order valence-corrected chi connectivity index (χ1v) is 7.39. The van der Waals surface area contributed by atoms with E-state index in [1.807, 2.05) is 0 Å². The standard InChI is InChI=1S/C15H27N/c1-11-6-12-8-13(7-11)10-15(2,9-12)14-4-3-5-16-14/h11-14,16H,3-10H2,1-2H3. The predicted octanol–water partition coefficient (Wildman–Crippen LogP) is 3.59. The maximum absolute atomic E-state index is 3.77. The first-order valence-electron chi connectivity index (χ1n) is 7.39. The van der Waals surface area contributed by atoms with Gasteiger partial charge in [-0.2, -0.15) is 0 Å². The second-order valence-electron chi connectivity index (χ2n) is 7.26. The molecule has 0 aromatic heterocycles. The zero-order valence-corrected chi connectivity index (χ0v) is 11.0. The summed E-state index contributed by atoms with van der Waals surface area (Å²) in [6.45, 7) is 6.31. The van der Waals surface area contributed by atoms with E-state index < -0.39 is 0 Å². The van der Waals surface area contributed by atoms with Crippen molar-refractivity contribution >= 4 is 0 Å². The van der Waals surface area contributed by atoms with Crippen LogP contribution in [0.1, 0.15) is 58.8 Å². The van der Waals surface area contributed by atoms with Gasteiger partial charge >= 0.3 is 0 Å². The van der Waals surface area contributed by atoms with Gasteiger partial charge in [-0.05, 0) is 74.7 Å². The van der Waals surface area contributed by atoms with Crippen molar-refractivity contribution in [2.75, 3.05) is 6.54 Å². The fourth-order valence-corrected chi connectivity index (χ4v) is 5.20. The molecule has 3 rings (SSSR count). The summed E-state index contributed by atoms with van der Waals surface area (Å²) >= 11 is 0. The Balaban J connectivity index is 1.73. The van der Waals surface area contributed by atoms with Crippen LogP contribution in [0.3, 0.4) is 0 Å². The van der Waals surface area contributed by atoms with Gasteiger partial charge in [-0.1, -0.05) is 13.8 Å². The highest BCUT2D eigenvalue weighted by Crippen LogP contribution is 2.52. The Morgan fingerprint density at radius 1 is 1.06 bits per heavy atom. The Labute approximate surface area is 100 Å². The minimum Gasteiger partial charge on any atom is -0.313 e. The fraction of sp³-hybridized carbons (Fsp3) is 1.00. The van der Waals surface area contributed by atoms with Gasteiger partial charge in [0.05, 0.1) is 0 Å². The van der Waals surface area contributed by atoms with Crippen molar-refractivity contribution in [2.45, 2.75) is 64.8 Å². The first kappa shape index (κ1) is 11.1. The molecule has 0 aromatic carbocycles. The SMILES string of the molecule is CC1CC2CC(C1)CC(C)(C1CCCN1)C2. The molecule has 2 saturated carbocycles. The smallest absolute Gasteiger partial charge is 0.0121 e. The van der Waals surface area contributed by atoms with Crippen molar-refractivity contribution in [3.63, 3.8) is 0 Å². The highest BCUT2D eigenvalue weighted by molar-refractivity contribution is 4.99. The first-order chi connectivity index (χ1) is 7.66. The maximum atomic E-state index is 3.77. The van der Waals surface area contributed by atoms with Crippen LogP contribution in [0, 0.1) is 23.2 Å². The van der Waals surface area contributed by atoms with Gasteiger partial charge in [0.1, 0.15) is 0 Å². The molecule has 0 aromatic rings. The van der Waals surface area contributed by atoms with E-state index in [1.54, 1.807) is 6.42 Å². The second-order valence-corrected chi connectivity index (χ2v) is 7.26. The summed E-state index contributed by atoms with van der Waals surface area (Å²) < 4.78 is 0. The molecule has 1 heterocycles. The molecule has 1 N–H and O–H groups in total. The average molecular weight is 221 g/mol. The van der Waals surface area contributed by atoms with Crippen LogP contribution in [0.15, 0.2) is 0 Å². The van der Waals surface area contributed by atoms with E-state index in [9.17, 15) is 0 Å². The van der Waals surface area contributed by atoms with Crippen molar-refractivity contribution in [2.24, 2.45) is 23.2 Å². The molecule has 1 aliphatic heterocycles. The van der Waals surface area contributed by atoms with Gasteiger partial charge in [-0.3, -0.25) is 0 Å². The molecule has 16 heavy (non-hydrogen) atoms. The molecule has 0 spiro atoms. The molecule has 3 fully saturated rings. The van der Waals surface area contributed by atoms with E-state index in [0.29, 0.717) is 5.41 Å². The lowest BCUT2D eigenvalue weighted by Gasteiger charge is -2.50.